The summed E-state index contributed by atoms with van der Waals surface area (Å²) in [6.07, 6.45) is 7.66. The highest BCUT2D eigenvalue weighted by Crippen LogP contribution is 2.57. The number of ether oxygens (including phenoxy) is 4. The van der Waals surface area contributed by atoms with Crippen molar-refractivity contribution >= 4 is 17.9 Å². The first-order valence-corrected chi connectivity index (χ1v) is 11.1. The number of esters is 3. The Morgan fingerprint density at radius 2 is 1.20 bits per heavy atom. The third-order valence-electron chi connectivity index (χ3n) is 7.52. The molecule has 1 N–H and O–H groups in total. The Kier molecular flexibility index (Phi) is 6.19. The fraction of sp³-hybridized carbons (Fsp3) is 0.864. The average Bonchev–Trinajstić information content (AvgIpc) is 3.40. The summed E-state index contributed by atoms with van der Waals surface area (Å²) in [5, 5.41) is 9.37. The predicted octanol–water partition coefficient (Wildman–Crippen LogP) is 2.17. The quantitative estimate of drug-likeness (QED) is 0.504. The van der Waals surface area contributed by atoms with E-state index in [0.29, 0.717) is 30.0 Å². The van der Waals surface area contributed by atoms with Gasteiger partial charge in [-0.1, -0.05) is 0 Å². The normalized spacial score (nSPS) is 45.3. The van der Waals surface area contributed by atoms with E-state index in [1.807, 2.05) is 0 Å². The summed E-state index contributed by atoms with van der Waals surface area (Å²) in [7, 11) is 0. The maximum Gasteiger partial charge on any atom is 0.310 e. The Bertz CT molecular complexity index is 677. The van der Waals surface area contributed by atoms with Crippen molar-refractivity contribution in [3.8, 4) is 0 Å². The van der Waals surface area contributed by atoms with Gasteiger partial charge < -0.3 is 24.1 Å². The summed E-state index contributed by atoms with van der Waals surface area (Å²) in [6.45, 7) is 3.82. The van der Waals surface area contributed by atoms with Crippen molar-refractivity contribution in [2.24, 2.45) is 35.5 Å². The highest BCUT2D eigenvalue weighted by molar-refractivity contribution is 5.82. The molecule has 4 aliphatic carbocycles. The molecule has 30 heavy (non-hydrogen) atoms. The number of hydrogen-bond acceptors (Lipinski definition) is 8. The molecule has 4 saturated carbocycles. The van der Waals surface area contributed by atoms with E-state index in [2.05, 4.69) is 4.74 Å². The van der Waals surface area contributed by atoms with Gasteiger partial charge in [-0.2, -0.15) is 0 Å². The Hall–Kier alpha value is -1.51. The molecular weight excluding hydrogens is 392 g/mol. The number of rotatable bonds is 1. The topological polar surface area (TPSA) is 108 Å². The molecule has 6 fully saturated rings. The van der Waals surface area contributed by atoms with Gasteiger partial charge in [-0.3, -0.25) is 14.4 Å². The summed E-state index contributed by atoms with van der Waals surface area (Å²) in [5.74, 6) is 2.82. The molecule has 2 aliphatic heterocycles. The molecular formula is C22H32O8. The molecule has 8 heteroatoms. The van der Waals surface area contributed by atoms with Gasteiger partial charge in [0, 0.05) is 32.6 Å². The number of hydrogen-bond donors (Lipinski definition) is 1. The predicted molar refractivity (Wildman–Crippen MR) is 102 cm³/mol. The van der Waals surface area contributed by atoms with Crippen LogP contribution < -0.4 is 0 Å². The number of fused-ring (bicyclic) bond motifs is 2. The van der Waals surface area contributed by atoms with Gasteiger partial charge in [0.15, 0.2) is 6.29 Å². The zero-order valence-corrected chi connectivity index (χ0v) is 17.8. The van der Waals surface area contributed by atoms with Gasteiger partial charge in [-0.05, 0) is 62.2 Å². The molecule has 0 aromatic rings. The number of aliphatic hydroxyl groups is 1. The Morgan fingerprint density at radius 1 is 0.700 bits per heavy atom. The average molecular weight is 424 g/mol. The van der Waals surface area contributed by atoms with Crippen LogP contribution in [-0.4, -0.2) is 47.8 Å². The van der Waals surface area contributed by atoms with E-state index < -0.39 is 18.2 Å². The molecule has 6 aliphatic rings. The fourth-order valence-electron chi connectivity index (χ4n) is 6.67. The van der Waals surface area contributed by atoms with Gasteiger partial charge in [0.1, 0.15) is 0 Å². The minimum absolute atomic E-state index is 0.213. The van der Waals surface area contributed by atoms with Crippen molar-refractivity contribution in [2.45, 2.75) is 84.1 Å². The smallest absolute Gasteiger partial charge is 0.310 e. The molecule has 0 aromatic carbocycles. The van der Waals surface area contributed by atoms with Gasteiger partial charge in [0.2, 0.25) is 6.29 Å². The lowest BCUT2D eigenvalue weighted by Crippen LogP contribution is -2.22. The molecule has 0 spiro atoms. The summed E-state index contributed by atoms with van der Waals surface area (Å²) in [6, 6.07) is 0. The third-order valence-corrected chi connectivity index (χ3v) is 7.52. The molecule has 0 amide bonds. The number of carbonyl (C=O) groups excluding carboxylic acids is 3. The molecule has 6 rings (SSSR count). The molecule has 0 aromatic heterocycles. The molecule has 0 radical (unpaired) electrons. The first-order valence-electron chi connectivity index (χ1n) is 11.1. The molecule has 4 bridgehead atoms. The van der Waals surface area contributed by atoms with E-state index in [0.717, 1.165) is 17.8 Å². The first kappa shape index (κ1) is 21.7. The zero-order valence-electron chi connectivity index (χ0n) is 17.8. The van der Waals surface area contributed by atoms with Crippen LogP contribution in [0.1, 0.15) is 59.3 Å². The van der Waals surface area contributed by atoms with E-state index in [-0.39, 0.29) is 12.3 Å². The number of carbonyl (C=O) groups is 3. The summed E-state index contributed by atoms with van der Waals surface area (Å²) < 4.78 is 20.2. The minimum Gasteiger partial charge on any atom is -0.436 e. The Balaban J connectivity index is 0.000000115. The van der Waals surface area contributed by atoms with Crippen LogP contribution in [0.5, 0.6) is 0 Å². The largest absolute Gasteiger partial charge is 0.436 e. The van der Waals surface area contributed by atoms with Crippen molar-refractivity contribution in [1.29, 1.82) is 0 Å². The lowest BCUT2D eigenvalue weighted by atomic mass is 9.89. The van der Waals surface area contributed by atoms with Gasteiger partial charge in [0.05, 0.1) is 12.2 Å². The van der Waals surface area contributed by atoms with E-state index in [1.165, 1.54) is 59.3 Å². The molecule has 10 atom stereocenters. The van der Waals surface area contributed by atoms with Crippen LogP contribution in [0.15, 0.2) is 0 Å². The van der Waals surface area contributed by atoms with Crippen LogP contribution in [0, 0.1) is 35.5 Å². The van der Waals surface area contributed by atoms with Crippen molar-refractivity contribution in [1.82, 2.24) is 0 Å². The molecule has 2 heterocycles. The van der Waals surface area contributed by atoms with Crippen molar-refractivity contribution in [2.75, 3.05) is 0 Å². The molecule has 8 nitrogen and oxygen atoms in total. The zero-order chi connectivity index (χ0) is 21.6. The standard InChI is InChI=1S/C10H14O3.C8H12O2.C4H6O3/c1-5(11)12-10-8-3-6-2-7(8)9(4-6)13-10;9-8-6-2-4-1-5(6)7(3-4)10-8;1-3(5)7-4(2)6/h6-10H,2-4H2,1H3;4-9H,1-3H2;1-2H3. The van der Waals surface area contributed by atoms with Gasteiger partial charge >= 0.3 is 17.9 Å². The van der Waals surface area contributed by atoms with Crippen LogP contribution in [0.3, 0.4) is 0 Å². The van der Waals surface area contributed by atoms with Crippen LogP contribution in [-0.2, 0) is 33.3 Å². The van der Waals surface area contributed by atoms with Crippen molar-refractivity contribution < 1.29 is 38.4 Å². The second-order valence-electron chi connectivity index (χ2n) is 9.60. The van der Waals surface area contributed by atoms with E-state index >= 15 is 0 Å². The van der Waals surface area contributed by atoms with Crippen LogP contribution in [0.25, 0.3) is 0 Å². The second kappa shape index (κ2) is 8.55. The second-order valence-corrected chi connectivity index (χ2v) is 9.60. The lowest BCUT2D eigenvalue weighted by molar-refractivity contribution is -0.177. The SMILES string of the molecule is CC(=O)OC(C)=O.CC(=O)OC1OC2CC3CC2C1C3.OC1OC2CC3CC1C2C3. The maximum atomic E-state index is 10.8. The van der Waals surface area contributed by atoms with E-state index in [1.54, 1.807) is 0 Å². The lowest BCUT2D eigenvalue weighted by Gasteiger charge is -2.16. The monoisotopic (exact) mass is 424 g/mol. The highest BCUT2D eigenvalue weighted by Gasteiger charge is 2.57. The van der Waals surface area contributed by atoms with Crippen molar-refractivity contribution in [3.05, 3.63) is 0 Å². The summed E-state index contributed by atoms with van der Waals surface area (Å²) in [5.41, 5.74) is 0. The van der Waals surface area contributed by atoms with Crippen LogP contribution in [0.2, 0.25) is 0 Å². The molecule has 10 unspecified atom stereocenters. The number of aliphatic hydroxyl groups excluding tert-OH is 1. The van der Waals surface area contributed by atoms with Crippen molar-refractivity contribution in [3.63, 3.8) is 0 Å². The van der Waals surface area contributed by atoms with Gasteiger partial charge in [-0.15, -0.1) is 0 Å². The summed E-state index contributed by atoms with van der Waals surface area (Å²) >= 11 is 0. The van der Waals surface area contributed by atoms with E-state index in [4.69, 9.17) is 14.2 Å². The van der Waals surface area contributed by atoms with Gasteiger partial charge in [0.25, 0.3) is 0 Å². The van der Waals surface area contributed by atoms with Crippen LogP contribution in [0.4, 0.5) is 0 Å². The highest BCUT2D eigenvalue weighted by atomic mass is 16.7. The molecule has 2 saturated heterocycles. The third kappa shape index (κ3) is 4.41. The Morgan fingerprint density at radius 3 is 1.60 bits per heavy atom. The van der Waals surface area contributed by atoms with Crippen LogP contribution >= 0.6 is 0 Å². The Labute approximate surface area is 176 Å². The fourth-order valence-corrected chi connectivity index (χ4v) is 6.67. The molecule has 168 valence electrons. The maximum absolute atomic E-state index is 10.8. The summed E-state index contributed by atoms with van der Waals surface area (Å²) in [4.78, 5) is 30.4. The van der Waals surface area contributed by atoms with Gasteiger partial charge in [-0.25, -0.2) is 0 Å². The first-order chi connectivity index (χ1) is 14.2. The van der Waals surface area contributed by atoms with E-state index in [9.17, 15) is 19.5 Å². The minimum atomic E-state index is -0.562.